The Morgan fingerprint density at radius 1 is 0.941 bits per heavy atom. The number of rotatable bonds is 7. The smallest absolute Gasteiger partial charge is 0.175 e. The van der Waals surface area contributed by atoms with Gasteiger partial charge in [0.1, 0.15) is 12.6 Å². The lowest BCUT2D eigenvalue weighted by Crippen LogP contribution is -2.57. The van der Waals surface area contributed by atoms with Gasteiger partial charge in [-0.05, 0) is 17.9 Å². The minimum absolute atomic E-state index is 0.0353. The third-order valence-corrected chi connectivity index (χ3v) is 14.9. The Balaban J connectivity index is 1.37. The van der Waals surface area contributed by atoms with Gasteiger partial charge in [-0.2, -0.15) is 35.3 Å². The van der Waals surface area contributed by atoms with Crippen LogP contribution < -0.4 is 0 Å². The highest BCUT2D eigenvalue weighted by Gasteiger charge is 2.56. The highest BCUT2D eigenvalue weighted by Crippen LogP contribution is 2.57. The Morgan fingerprint density at radius 3 is 2.35 bits per heavy atom. The lowest BCUT2D eigenvalue weighted by atomic mass is 9.77. The van der Waals surface area contributed by atoms with Crippen LogP contribution in [0.5, 0.6) is 0 Å². The largest absolute Gasteiger partial charge is 0.392 e. The van der Waals surface area contributed by atoms with E-state index < -0.39 is 11.9 Å². The minimum Gasteiger partial charge on any atom is -0.392 e. The summed E-state index contributed by atoms with van der Waals surface area (Å²) in [5, 5.41) is 11.7. The monoisotopic (exact) mass is 568 g/mol. The van der Waals surface area contributed by atoms with Gasteiger partial charge in [-0.25, -0.2) is 0 Å². The van der Waals surface area contributed by atoms with Crippen LogP contribution in [0, 0.1) is 23.7 Å². The molecule has 1 N–H and O–H groups in total. The van der Waals surface area contributed by atoms with E-state index in [2.05, 4.69) is 0 Å². The second-order valence-electron chi connectivity index (χ2n) is 9.56. The fourth-order valence-corrected chi connectivity index (χ4v) is 14.1. The topological polar surface area (TPSA) is 74.2 Å². The number of hydrogen-bond acceptors (Lipinski definition) is 11. The van der Waals surface area contributed by atoms with E-state index in [-0.39, 0.29) is 46.4 Å². The van der Waals surface area contributed by atoms with Crippen molar-refractivity contribution in [2.45, 2.75) is 34.9 Å². The van der Waals surface area contributed by atoms with Gasteiger partial charge in [0.15, 0.2) is 5.79 Å². The van der Waals surface area contributed by atoms with Crippen LogP contribution in [0.4, 0.5) is 0 Å². The van der Waals surface area contributed by atoms with Gasteiger partial charge < -0.3 is 24.1 Å². The first-order valence-electron chi connectivity index (χ1n) is 12.2. The Kier molecular flexibility index (Phi) is 9.42. The summed E-state index contributed by atoms with van der Waals surface area (Å²) in [6, 6.07) is 0. The molecule has 194 valence electrons. The van der Waals surface area contributed by atoms with Crippen LogP contribution in [0.15, 0.2) is 0 Å². The van der Waals surface area contributed by atoms with Crippen LogP contribution in [-0.2, 0) is 23.7 Å². The van der Waals surface area contributed by atoms with E-state index >= 15 is 0 Å². The molecule has 5 fully saturated rings. The maximum absolute atomic E-state index is 14.1. The quantitative estimate of drug-likeness (QED) is 0.460. The van der Waals surface area contributed by atoms with Crippen molar-refractivity contribution in [1.29, 1.82) is 0 Å². The summed E-state index contributed by atoms with van der Waals surface area (Å²) in [5.74, 6) is 6.56. The number of aliphatic hydroxyl groups excluding tert-OH is 1. The van der Waals surface area contributed by atoms with Gasteiger partial charge in [0, 0.05) is 59.9 Å². The summed E-state index contributed by atoms with van der Waals surface area (Å²) in [4.78, 5) is 14.1. The highest BCUT2D eigenvalue weighted by atomic mass is 32.2. The first kappa shape index (κ1) is 26.8. The lowest BCUT2D eigenvalue weighted by molar-refractivity contribution is -0.234. The molecule has 5 heterocycles. The van der Waals surface area contributed by atoms with Gasteiger partial charge in [-0.1, -0.05) is 0 Å². The molecule has 0 saturated carbocycles. The number of thioether (sulfide) groups is 5. The van der Waals surface area contributed by atoms with E-state index in [1.165, 1.54) is 0 Å². The first-order valence-corrected chi connectivity index (χ1v) is 17.7. The van der Waals surface area contributed by atoms with Crippen molar-refractivity contribution in [2.24, 2.45) is 23.7 Å². The summed E-state index contributed by atoms with van der Waals surface area (Å²) in [5.41, 5.74) is 0. The zero-order valence-electron chi connectivity index (χ0n) is 19.7. The van der Waals surface area contributed by atoms with Crippen LogP contribution in [0.25, 0.3) is 0 Å². The Bertz CT molecular complexity index is 701. The van der Waals surface area contributed by atoms with Crippen LogP contribution >= 0.6 is 58.8 Å². The van der Waals surface area contributed by atoms with Crippen molar-refractivity contribution in [3.8, 4) is 0 Å². The average Bonchev–Trinajstić information content (AvgIpc) is 3.52. The zero-order valence-corrected chi connectivity index (χ0v) is 23.8. The number of methoxy groups -OCH3 is 1. The minimum atomic E-state index is -0.665. The first-order chi connectivity index (χ1) is 16.6. The number of carbonyl (C=O) groups is 1. The fraction of sp³-hybridized carbons (Fsp3) is 0.957. The van der Waals surface area contributed by atoms with Crippen molar-refractivity contribution in [2.75, 3.05) is 73.1 Å². The molecule has 5 aliphatic heterocycles. The number of ether oxygens (including phenoxy) is 4. The van der Waals surface area contributed by atoms with E-state index in [9.17, 15) is 9.90 Å². The molecule has 6 atom stereocenters. The highest BCUT2D eigenvalue weighted by molar-refractivity contribution is 8.21. The van der Waals surface area contributed by atoms with Crippen LogP contribution in [0.1, 0.15) is 12.8 Å². The number of hydrogen-bond donors (Lipinski definition) is 1. The molecule has 5 rings (SSSR count). The van der Waals surface area contributed by atoms with Crippen molar-refractivity contribution in [3.05, 3.63) is 0 Å². The predicted octanol–water partition coefficient (Wildman–Crippen LogP) is 3.31. The van der Waals surface area contributed by atoms with Crippen molar-refractivity contribution in [1.82, 2.24) is 0 Å². The van der Waals surface area contributed by atoms with Gasteiger partial charge >= 0.3 is 0 Å². The van der Waals surface area contributed by atoms with Crippen LogP contribution in [0.3, 0.4) is 0 Å². The molecule has 0 bridgehead atoms. The van der Waals surface area contributed by atoms with Gasteiger partial charge in [0.05, 0.1) is 41.3 Å². The van der Waals surface area contributed by atoms with Gasteiger partial charge in [-0.3, -0.25) is 4.79 Å². The van der Waals surface area contributed by atoms with E-state index in [1.807, 2.05) is 47.0 Å². The van der Waals surface area contributed by atoms with Gasteiger partial charge in [-0.15, -0.1) is 23.5 Å². The third-order valence-electron chi connectivity index (χ3n) is 7.79. The Labute approximate surface area is 224 Å². The zero-order chi connectivity index (χ0) is 23.6. The number of ketones is 1. The molecule has 5 aliphatic rings. The predicted molar refractivity (Wildman–Crippen MR) is 145 cm³/mol. The molecule has 0 radical (unpaired) electrons. The maximum Gasteiger partial charge on any atom is 0.175 e. The molecule has 0 aromatic carbocycles. The second-order valence-corrected chi connectivity index (χ2v) is 16.0. The Hall–Kier alpha value is 1.22. The Morgan fingerprint density at radius 2 is 1.62 bits per heavy atom. The molecule has 0 unspecified atom stereocenters. The summed E-state index contributed by atoms with van der Waals surface area (Å²) in [7, 11) is 1.62. The fourth-order valence-electron chi connectivity index (χ4n) is 6.06. The second kappa shape index (κ2) is 11.9. The molecule has 0 aliphatic carbocycles. The normalized spacial score (nSPS) is 37.3. The van der Waals surface area contributed by atoms with E-state index in [0.29, 0.717) is 24.7 Å². The van der Waals surface area contributed by atoms with E-state index in [1.54, 1.807) is 18.9 Å². The number of aliphatic hydroxyl groups is 1. The number of carbonyl (C=O) groups excluding carboxylic acids is 1. The summed E-state index contributed by atoms with van der Waals surface area (Å²) >= 11 is 9.62. The third kappa shape index (κ3) is 5.23. The molecule has 2 spiro atoms. The maximum atomic E-state index is 14.1. The van der Waals surface area contributed by atoms with Crippen LogP contribution in [0.2, 0.25) is 0 Å². The molecule has 0 amide bonds. The van der Waals surface area contributed by atoms with Crippen molar-refractivity contribution in [3.63, 3.8) is 0 Å². The molecule has 5 saturated heterocycles. The van der Waals surface area contributed by atoms with Crippen molar-refractivity contribution >= 4 is 64.6 Å². The molecule has 11 heteroatoms. The molecular weight excluding hydrogens is 533 g/mol. The van der Waals surface area contributed by atoms with E-state index in [4.69, 9.17) is 18.9 Å². The average molecular weight is 569 g/mol. The standard InChI is InChI=1S/C23H36O6S5/c1-26-14-27-21(18-13-30-6-2-22(18)28-4-5-29-22)16-11-32-10-15(19(16)24)20(25)17-12-31-7-3-23(17)33-8-9-34-23/h15-18,20-21,25H,2-14H2,1H3/t15-,16-,17+,18-,20+,21+/m1/s1. The SMILES string of the molecule is COCO[C@@H]([C@@H]1CSC[C@@H]([C@H](O)[C@@H]2CSCCC23SCCS3)C1=O)[C@H]1CSCCC12OCCO2. The summed E-state index contributed by atoms with van der Waals surface area (Å²) in [6.45, 7) is 1.31. The van der Waals surface area contributed by atoms with Crippen LogP contribution in [-0.4, -0.2) is 106 Å². The molecule has 0 aromatic rings. The van der Waals surface area contributed by atoms with E-state index in [0.717, 1.165) is 47.4 Å². The number of Topliss-reactive ketones (excluding diaryl/α,β-unsaturated/α-hetero) is 1. The van der Waals surface area contributed by atoms with Gasteiger partial charge in [0.25, 0.3) is 0 Å². The molecule has 34 heavy (non-hydrogen) atoms. The molecule has 6 nitrogen and oxygen atoms in total. The summed E-state index contributed by atoms with van der Waals surface area (Å²) in [6.07, 6.45) is 0.976. The molecule has 0 aromatic heterocycles. The lowest BCUT2D eigenvalue weighted by Gasteiger charge is -2.47. The van der Waals surface area contributed by atoms with Gasteiger partial charge in [0.2, 0.25) is 0 Å². The summed E-state index contributed by atoms with van der Waals surface area (Å²) < 4.78 is 24.0. The molecular formula is C23H36O6S5. The van der Waals surface area contributed by atoms with Crippen molar-refractivity contribution < 1.29 is 28.8 Å².